The predicted octanol–water partition coefficient (Wildman–Crippen LogP) is 3.69. The second-order valence-corrected chi connectivity index (χ2v) is 5.26. The molecule has 0 aliphatic rings. The summed E-state index contributed by atoms with van der Waals surface area (Å²) >= 11 is 5.98. The van der Waals surface area contributed by atoms with E-state index >= 15 is 0 Å². The summed E-state index contributed by atoms with van der Waals surface area (Å²) in [5.74, 6) is -3.16. The molecule has 0 saturated carbocycles. The molecule has 2 aromatic rings. The van der Waals surface area contributed by atoms with Gasteiger partial charge >= 0.3 is 0 Å². The van der Waals surface area contributed by atoms with Gasteiger partial charge in [0.05, 0.1) is 17.9 Å². The standard InChI is InChI=1S/C15H13ClF2N2O3/c1-7(2)22-15-10(16)3-8(6-20-15)23-13-5-11(17)9(14(19)21)4-12(13)18/h3-7H,1-2H3,(H2,19,21). The maximum absolute atomic E-state index is 13.9. The van der Waals surface area contributed by atoms with E-state index in [-0.39, 0.29) is 22.8 Å². The first-order valence-electron chi connectivity index (χ1n) is 6.57. The van der Waals surface area contributed by atoms with E-state index in [0.29, 0.717) is 6.07 Å². The summed E-state index contributed by atoms with van der Waals surface area (Å²) in [6, 6.07) is 2.74. The zero-order valence-corrected chi connectivity index (χ0v) is 13.0. The van der Waals surface area contributed by atoms with Gasteiger partial charge < -0.3 is 15.2 Å². The van der Waals surface area contributed by atoms with Gasteiger partial charge in [-0.15, -0.1) is 0 Å². The number of hydrogen-bond acceptors (Lipinski definition) is 4. The highest BCUT2D eigenvalue weighted by atomic mass is 35.5. The van der Waals surface area contributed by atoms with Crippen molar-refractivity contribution in [2.45, 2.75) is 20.0 Å². The highest BCUT2D eigenvalue weighted by Crippen LogP contribution is 2.31. The number of nitrogens with two attached hydrogens (primary N) is 1. The fourth-order valence-electron chi connectivity index (χ4n) is 1.70. The van der Waals surface area contributed by atoms with Gasteiger partial charge in [-0.3, -0.25) is 4.79 Å². The van der Waals surface area contributed by atoms with E-state index in [1.165, 1.54) is 12.3 Å². The van der Waals surface area contributed by atoms with Gasteiger partial charge in [-0.1, -0.05) is 11.6 Å². The third kappa shape index (κ3) is 4.07. The van der Waals surface area contributed by atoms with Crippen molar-refractivity contribution in [3.8, 4) is 17.4 Å². The molecule has 1 aromatic carbocycles. The molecule has 5 nitrogen and oxygen atoms in total. The van der Waals surface area contributed by atoms with E-state index in [1.807, 2.05) is 0 Å². The minimum atomic E-state index is -1.08. The average Bonchev–Trinajstić information content (AvgIpc) is 2.44. The maximum Gasteiger partial charge on any atom is 0.251 e. The first-order valence-corrected chi connectivity index (χ1v) is 6.94. The molecule has 8 heteroatoms. The molecule has 23 heavy (non-hydrogen) atoms. The van der Waals surface area contributed by atoms with E-state index in [0.717, 1.165) is 6.07 Å². The van der Waals surface area contributed by atoms with Gasteiger partial charge in [-0.25, -0.2) is 13.8 Å². The molecule has 2 N–H and O–H groups in total. The minimum Gasteiger partial charge on any atom is -0.474 e. The van der Waals surface area contributed by atoms with Crippen LogP contribution in [-0.2, 0) is 0 Å². The molecule has 0 unspecified atom stereocenters. The zero-order valence-electron chi connectivity index (χ0n) is 12.3. The lowest BCUT2D eigenvalue weighted by molar-refractivity contribution is 0.0996. The quantitative estimate of drug-likeness (QED) is 0.899. The molecular formula is C15H13ClF2N2O3. The topological polar surface area (TPSA) is 74.4 Å². The number of rotatable bonds is 5. The second-order valence-electron chi connectivity index (χ2n) is 4.85. The van der Waals surface area contributed by atoms with Crippen molar-refractivity contribution in [2.75, 3.05) is 0 Å². The van der Waals surface area contributed by atoms with E-state index in [4.69, 9.17) is 26.8 Å². The van der Waals surface area contributed by atoms with Crippen molar-refractivity contribution in [3.05, 3.63) is 46.6 Å². The highest BCUT2D eigenvalue weighted by molar-refractivity contribution is 6.31. The van der Waals surface area contributed by atoms with E-state index in [1.54, 1.807) is 13.8 Å². The molecule has 1 heterocycles. The number of benzene rings is 1. The molecule has 0 spiro atoms. The van der Waals surface area contributed by atoms with Gasteiger partial charge in [-0.2, -0.15) is 0 Å². The molecule has 0 saturated heterocycles. The SMILES string of the molecule is CC(C)Oc1ncc(Oc2cc(F)c(C(N)=O)cc2F)cc1Cl. The van der Waals surface area contributed by atoms with Crippen LogP contribution in [-0.4, -0.2) is 17.0 Å². The fourth-order valence-corrected chi connectivity index (χ4v) is 1.90. The number of hydrogen-bond donors (Lipinski definition) is 1. The average molecular weight is 343 g/mol. The zero-order chi connectivity index (χ0) is 17.1. The summed E-state index contributed by atoms with van der Waals surface area (Å²) in [6.45, 7) is 3.61. The number of nitrogens with zero attached hydrogens (tertiary/aromatic N) is 1. The molecule has 122 valence electrons. The van der Waals surface area contributed by atoms with Crippen LogP contribution in [0.1, 0.15) is 24.2 Å². The Balaban J connectivity index is 2.27. The molecule has 0 aliphatic heterocycles. The largest absolute Gasteiger partial charge is 0.474 e. The lowest BCUT2D eigenvalue weighted by atomic mass is 10.2. The summed E-state index contributed by atoms with van der Waals surface area (Å²) in [7, 11) is 0. The van der Waals surface area contributed by atoms with Crippen LogP contribution in [0.2, 0.25) is 5.02 Å². The Kier molecular flexibility index (Phi) is 5.00. The Bertz CT molecular complexity index is 754. The Hall–Kier alpha value is -2.41. The van der Waals surface area contributed by atoms with Crippen LogP contribution in [0.15, 0.2) is 24.4 Å². The van der Waals surface area contributed by atoms with Gasteiger partial charge in [0.15, 0.2) is 11.6 Å². The van der Waals surface area contributed by atoms with Gasteiger partial charge in [0, 0.05) is 12.1 Å². The molecule has 0 bridgehead atoms. The normalized spacial score (nSPS) is 10.7. The third-order valence-electron chi connectivity index (χ3n) is 2.64. The molecule has 0 fully saturated rings. The van der Waals surface area contributed by atoms with Gasteiger partial charge in [0.2, 0.25) is 5.88 Å². The van der Waals surface area contributed by atoms with Crippen molar-refractivity contribution < 1.29 is 23.0 Å². The monoisotopic (exact) mass is 342 g/mol. The lowest BCUT2D eigenvalue weighted by Gasteiger charge is -2.12. The van der Waals surface area contributed by atoms with Crippen molar-refractivity contribution in [1.82, 2.24) is 4.98 Å². The number of halogens is 3. The van der Waals surface area contributed by atoms with Crippen LogP contribution in [0.25, 0.3) is 0 Å². The number of primary amides is 1. The molecule has 1 aromatic heterocycles. The fraction of sp³-hybridized carbons (Fsp3) is 0.200. The van der Waals surface area contributed by atoms with Gasteiger partial charge in [0.25, 0.3) is 5.91 Å². The highest BCUT2D eigenvalue weighted by Gasteiger charge is 2.16. The summed E-state index contributed by atoms with van der Waals surface area (Å²) in [5, 5.41) is 0.158. The second kappa shape index (κ2) is 6.78. The molecular weight excluding hydrogens is 330 g/mol. The number of carbonyl (C=O) groups excluding carboxylic acids is 1. The summed E-state index contributed by atoms with van der Waals surface area (Å²) in [5.41, 5.74) is 4.37. The van der Waals surface area contributed by atoms with Crippen LogP contribution in [0, 0.1) is 11.6 Å². The van der Waals surface area contributed by atoms with E-state index in [9.17, 15) is 13.6 Å². The smallest absolute Gasteiger partial charge is 0.251 e. The Morgan fingerprint density at radius 2 is 1.96 bits per heavy atom. The van der Waals surface area contributed by atoms with Crippen LogP contribution < -0.4 is 15.2 Å². The molecule has 0 radical (unpaired) electrons. The number of aromatic nitrogens is 1. The number of carbonyl (C=O) groups is 1. The van der Waals surface area contributed by atoms with Gasteiger partial charge in [0.1, 0.15) is 16.6 Å². The molecule has 1 amide bonds. The van der Waals surface area contributed by atoms with Crippen LogP contribution in [0.4, 0.5) is 8.78 Å². The summed E-state index contributed by atoms with van der Waals surface area (Å²) in [6.07, 6.45) is 1.13. The van der Waals surface area contributed by atoms with E-state index < -0.39 is 28.9 Å². The predicted molar refractivity (Wildman–Crippen MR) is 80.0 cm³/mol. The van der Waals surface area contributed by atoms with Crippen molar-refractivity contribution >= 4 is 17.5 Å². The maximum atomic E-state index is 13.9. The van der Waals surface area contributed by atoms with Crippen molar-refractivity contribution in [2.24, 2.45) is 5.73 Å². The number of pyridine rings is 1. The Morgan fingerprint density at radius 1 is 1.26 bits per heavy atom. The third-order valence-corrected chi connectivity index (χ3v) is 2.92. The van der Waals surface area contributed by atoms with E-state index in [2.05, 4.69) is 4.98 Å². The summed E-state index contributed by atoms with van der Waals surface area (Å²) in [4.78, 5) is 14.9. The Morgan fingerprint density at radius 3 is 2.52 bits per heavy atom. The number of ether oxygens (including phenoxy) is 2. The first-order chi connectivity index (χ1) is 10.8. The van der Waals surface area contributed by atoms with Crippen LogP contribution >= 0.6 is 11.6 Å². The molecule has 0 aliphatic carbocycles. The van der Waals surface area contributed by atoms with Gasteiger partial charge in [-0.05, 0) is 19.9 Å². The lowest BCUT2D eigenvalue weighted by Crippen LogP contribution is -2.13. The van der Waals surface area contributed by atoms with Crippen LogP contribution in [0.3, 0.4) is 0 Å². The van der Waals surface area contributed by atoms with Crippen molar-refractivity contribution in [3.63, 3.8) is 0 Å². The molecule has 0 atom stereocenters. The van der Waals surface area contributed by atoms with Crippen LogP contribution in [0.5, 0.6) is 17.4 Å². The first kappa shape index (κ1) is 17.0. The molecule has 2 rings (SSSR count). The Labute approximate surface area is 136 Å². The summed E-state index contributed by atoms with van der Waals surface area (Å²) < 4.78 is 38.1. The van der Waals surface area contributed by atoms with Crippen molar-refractivity contribution in [1.29, 1.82) is 0 Å². The number of amides is 1. The minimum absolute atomic E-state index is 0.0798.